The van der Waals surface area contributed by atoms with Crippen molar-refractivity contribution in [2.75, 3.05) is 5.32 Å². The Morgan fingerprint density at radius 2 is 1.95 bits per heavy atom. The smallest absolute Gasteiger partial charge is 0.263 e. The van der Waals surface area contributed by atoms with Gasteiger partial charge in [0.1, 0.15) is 17.4 Å². The van der Waals surface area contributed by atoms with E-state index in [1.165, 1.54) is 18.3 Å². The average molecular weight is 271 g/mol. The summed E-state index contributed by atoms with van der Waals surface area (Å²) in [6, 6.07) is 8.46. The zero-order chi connectivity index (χ0) is 14.4. The molecule has 1 amide bonds. The largest absolute Gasteiger partial charge is 0.508 e. The molecule has 5 heteroatoms. The number of carbonyl (C=O) groups excluding carboxylic acids is 1. The average Bonchev–Trinajstić information content (AvgIpc) is 2.94. The van der Waals surface area contributed by atoms with E-state index >= 15 is 0 Å². The molecular formula is C15H17N3O2. The first-order chi connectivity index (χ1) is 9.69. The minimum absolute atomic E-state index is 0.0463. The Hall–Kier alpha value is -2.48. The fourth-order valence-electron chi connectivity index (χ4n) is 2.20. The maximum Gasteiger partial charge on any atom is 0.263 e. The highest BCUT2D eigenvalue weighted by atomic mass is 16.3. The van der Waals surface area contributed by atoms with Gasteiger partial charge in [-0.15, -0.1) is 0 Å². The molecule has 5 nitrogen and oxygen atoms in total. The summed E-state index contributed by atoms with van der Waals surface area (Å²) in [6.45, 7) is 0. The van der Waals surface area contributed by atoms with Gasteiger partial charge in [0.25, 0.3) is 5.91 Å². The van der Waals surface area contributed by atoms with Gasteiger partial charge in [-0.2, -0.15) is 5.26 Å². The zero-order valence-corrected chi connectivity index (χ0v) is 11.1. The summed E-state index contributed by atoms with van der Waals surface area (Å²) in [5.41, 5.74) is 0.745. The van der Waals surface area contributed by atoms with Crippen LogP contribution >= 0.6 is 0 Å². The molecule has 1 aliphatic carbocycles. The van der Waals surface area contributed by atoms with E-state index in [1.54, 1.807) is 12.1 Å². The minimum atomic E-state index is -0.342. The molecule has 0 unspecified atom stereocenters. The molecule has 0 aliphatic heterocycles. The lowest BCUT2D eigenvalue weighted by Crippen LogP contribution is -2.33. The fourth-order valence-corrected chi connectivity index (χ4v) is 2.20. The molecule has 0 heterocycles. The standard InChI is InChI=1S/C15H17N3O2/c16-9-11(15(20)18-13-3-1-2-4-13)10-17-12-5-7-14(19)8-6-12/h5-8,10,13,17,19H,1-4H2,(H,18,20)/b11-10-. The van der Waals surface area contributed by atoms with Crippen LogP contribution in [0.3, 0.4) is 0 Å². The summed E-state index contributed by atoms with van der Waals surface area (Å²) in [5.74, 6) is -0.176. The number of anilines is 1. The van der Waals surface area contributed by atoms with Crippen molar-refractivity contribution in [2.24, 2.45) is 0 Å². The van der Waals surface area contributed by atoms with Gasteiger partial charge in [0, 0.05) is 17.9 Å². The second kappa shape index (κ2) is 6.62. The number of benzene rings is 1. The quantitative estimate of drug-likeness (QED) is 0.445. The molecule has 1 aromatic rings. The Balaban J connectivity index is 1.96. The van der Waals surface area contributed by atoms with E-state index in [-0.39, 0.29) is 23.3 Å². The van der Waals surface area contributed by atoms with E-state index in [9.17, 15) is 4.79 Å². The van der Waals surface area contributed by atoms with Gasteiger partial charge in [0.05, 0.1) is 0 Å². The van der Waals surface area contributed by atoms with Crippen LogP contribution in [-0.4, -0.2) is 17.1 Å². The van der Waals surface area contributed by atoms with Crippen molar-refractivity contribution < 1.29 is 9.90 Å². The predicted octanol–water partition coefficient (Wildman–Crippen LogP) is 2.27. The third kappa shape index (κ3) is 3.75. The van der Waals surface area contributed by atoms with E-state index in [1.807, 2.05) is 6.07 Å². The highest BCUT2D eigenvalue weighted by Crippen LogP contribution is 2.18. The Kier molecular flexibility index (Phi) is 4.61. The number of amides is 1. The summed E-state index contributed by atoms with van der Waals surface area (Å²) in [7, 11) is 0. The number of nitriles is 1. The van der Waals surface area contributed by atoms with E-state index in [4.69, 9.17) is 10.4 Å². The lowest BCUT2D eigenvalue weighted by Gasteiger charge is -2.11. The molecule has 0 radical (unpaired) electrons. The number of nitrogens with one attached hydrogen (secondary N) is 2. The van der Waals surface area contributed by atoms with Crippen molar-refractivity contribution >= 4 is 11.6 Å². The first kappa shape index (κ1) is 13.9. The van der Waals surface area contributed by atoms with Gasteiger partial charge in [-0.25, -0.2) is 0 Å². The molecule has 104 valence electrons. The van der Waals surface area contributed by atoms with Gasteiger partial charge in [-0.3, -0.25) is 4.79 Å². The first-order valence-electron chi connectivity index (χ1n) is 6.66. The third-order valence-corrected chi connectivity index (χ3v) is 3.31. The molecule has 3 N–H and O–H groups in total. The summed E-state index contributed by atoms with van der Waals surface area (Å²) in [5, 5.41) is 23.9. The van der Waals surface area contributed by atoms with Gasteiger partial charge < -0.3 is 15.7 Å². The van der Waals surface area contributed by atoms with Crippen LogP contribution < -0.4 is 10.6 Å². The van der Waals surface area contributed by atoms with Crippen molar-refractivity contribution in [3.63, 3.8) is 0 Å². The van der Waals surface area contributed by atoms with Crippen molar-refractivity contribution in [1.82, 2.24) is 5.32 Å². The number of nitrogens with zero attached hydrogens (tertiary/aromatic N) is 1. The molecule has 0 saturated heterocycles. The predicted molar refractivity (Wildman–Crippen MR) is 75.8 cm³/mol. The fraction of sp³-hybridized carbons (Fsp3) is 0.333. The minimum Gasteiger partial charge on any atom is -0.508 e. The number of hydrogen-bond acceptors (Lipinski definition) is 4. The Bertz CT molecular complexity index is 537. The van der Waals surface area contributed by atoms with Gasteiger partial charge in [-0.05, 0) is 37.1 Å². The van der Waals surface area contributed by atoms with Crippen molar-refractivity contribution in [1.29, 1.82) is 5.26 Å². The molecule has 1 saturated carbocycles. The lowest BCUT2D eigenvalue weighted by molar-refractivity contribution is -0.117. The third-order valence-electron chi connectivity index (χ3n) is 3.31. The summed E-state index contributed by atoms with van der Waals surface area (Å²) < 4.78 is 0. The van der Waals surface area contributed by atoms with Crippen LogP contribution in [0.4, 0.5) is 5.69 Å². The highest BCUT2D eigenvalue weighted by molar-refractivity contribution is 5.97. The normalized spacial score (nSPS) is 15.7. The zero-order valence-electron chi connectivity index (χ0n) is 11.1. The molecule has 1 aliphatic rings. The Labute approximate surface area is 117 Å². The second-order valence-electron chi connectivity index (χ2n) is 4.82. The molecular weight excluding hydrogens is 254 g/mol. The van der Waals surface area contributed by atoms with Gasteiger partial charge >= 0.3 is 0 Å². The molecule has 1 fully saturated rings. The molecule has 2 rings (SSSR count). The molecule has 0 aromatic heterocycles. The number of phenolic OH excluding ortho intramolecular Hbond substituents is 1. The summed E-state index contributed by atoms with van der Waals surface area (Å²) in [6.07, 6.45) is 5.60. The molecule has 0 spiro atoms. The van der Waals surface area contributed by atoms with Crippen LogP contribution in [0.25, 0.3) is 0 Å². The Morgan fingerprint density at radius 3 is 2.55 bits per heavy atom. The van der Waals surface area contributed by atoms with Crippen molar-refractivity contribution in [2.45, 2.75) is 31.7 Å². The van der Waals surface area contributed by atoms with Crippen LogP contribution in [-0.2, 0) is 4.79 Å². The van der Waals surface area contributed by atoms with E-state index in [0.29, 0.717) is 5.69 Å². The number of aromatic hydroxyl groups is 1. The monoisotopic (exact) mass is 271 g/mol. The highest BCUT2D eigenvalue weighted by Gasteiger charge is 2.19. The van der Waals surface area contributed by atoms with Crippen LogP contribution in [0.2, 0.25) is 0 Å². The van der Waals surface area contributed by atoms with Gasteiger partial charge in [0.2, 0.25) is 0 Å². The topological polar surface area (TPSA) is 85.2 Å². The molecule has 0 bridgehead atoms. The van der Waals surface area contributed by atoms with E-state index in [2.05, 4.69) is 10.6 Å². The van der Waals surface area contributed by atoms with E-state index in [0.717, 1.165) is 25.7 Å². The SMILES string of the molecule is N#C/C(=C/Nc1ccc(O)cc1)C(=O)NC1CCCC1. The number of carbonyl (C=O) groups is 1. The number of hydrogen-bond donors (Lipinski definition) is 3. The van der Waals surface area contributed by atoms with Crippen molar-refractivity contribution in [3.05, 3.63) is 36.0 Å². The van der Waals surface area contributed by atoms with Crippen LogP contribution in [0.5, 0.6) is 5.75 Å². The first-order valence-corrected chi connectivity index (χ1v) is 6.66. The van der Waals surface area contributed by atoms with Gasteiger partial charge in [0.15, 0.2) is 0 Å². The molecule has 0 atom stereocenters. The number of phenols is 1. The van der Waals surface area contributed by atoms with E-state index < -0.39 is 0 Å². The Morgan fingerprint density at radius 1 is 1.30 bits per heavy atom. The second-order valence-corrected chi connectivity index (χ2v) is 4.82. The molecule has 1 aromatic carbocycles. The number of rotatable bonds is 4. The maximum absolute atomic E-state index is 11.9. The summed E-state index contributed by atoms with van der Waals surface area (Å²) >= 11 is 0. The van der Waals surface area contributed by atoms with Gasteiger partial charge in [-0.1, -0.05) is 12.8 Å². The van der Waals surface area contributed by atoms with Crippen LogP contribution in [0.15, 0.2) is 36.0 Å². The maximum atomic E-state index is 11.9. The molecule has 20 heavy (non-hydrogen) atoms. The van der Waals surface area contributed by atoms with Crippen LogP contribution in [0.1, 0.15) is 25.7 Å². The van der Waals surface area contributed by atoms with Crippen LogP contribution in [0, 0.1) is 11.3 Å². The van der Waals surface area contributed by atoms with Crippen molar-refractivity contribution in [3.8, 4) is 11.8 Å². The lowest BCUT2D eigenvalue weighted by atomic mass is 10.2. The summed E-state index contributed by atoms with van der Waals surface area (Å²) in [4.78, 5) is 11.9.